The van der Waals surface area contributed by atoms with Crippen LogP contribution in [-0.2, 0) is 16.0 Å². The minimum Gasteiger partial charge on any atom is -0.463 e. The minimum atomic E-state index is -0.634. The summed E-state index contributed by atoms with van der Waals surface area (Å²) in [4.78, 5) is 29.8. The third kappa shape index (κ3) is 4.39. The number of nitrogens with zero attached hydrogens (tertiary/aromatic N) is 3. The number of aryl methyl sites for hydroxylation is 1. The van der Waals surface area contributed by atoms with Crippen LogP contribution in [-0.4, -0.2) is 33.2 Å². The summed E-state index contributed by atoms with van der Waals surface area (Å²) in [6, 6.07) is 12.7. The Hall–Kier alpha value is -3.94. The van der Waals surface area contributed by atoms with Crippen LogP contribution in [0.2, 0.25) is 0 Å². The lowest BCUT2D eigenvalue weighted by molar-refractivity contribution is -0.119. The van der Waals surface area contributed by atoms with Crippen molar-refractivity contribution in [1.29, 1.82) is 0 Å². The Kier molecular flexibility index (Phi) is 6.02. The molecule has 164 valence electrons. The summed E-state index contributed by atoms with van der Waals surface area (Å²) in [7, 11) is 0. The van der Waals surface area contributed by atoms with Crippen molar-refractivity contribution >= 4 is 28.6 Å². The lowest BCUT2D eigenvalue weighted by Crippen LogP contribution is -2.21. The largest absolute Gasteiger partial charge is 0.463 e. The van der Waals surface area contributed by atoms with Crippen molar-refractivity contribution < 1.29 is 18.7 Å². The molecule has 32 heavy (non-hydrogen) atoms. The maximum absolute atomic E-state index is 12.9. The summed E-state index contributed by atoms with van der Waals surface area (Å²) in [5.74, 6) is -0.534. The van der Waals surface area contributed by atoms with E-state index in [-0.39, 0.29) is 11.6 Å². The highest BCUT2D eigenvalue weighted by atomic mass is 16.5. The van der Waals surface area contributed by atoms with Crippen molar-refractivity contribution in [2.75, 3.05) is 11.9 Å². The van der Waals surface area contributed by atoms with Gasteiger partial charge in [-0.1, -0.05) is 19.1 Å². The molecule has 3 aromatic heterocycles. The third-order valence-corrected chi connectivity index (χ3v) is 5.03. The van der Waals surface area contributed by atoms with Crippen molar-refractivity contribution in [1.82, 2.24) is 14.8 Å². The number of carbonyl (C=O) groups excluding carboxylic acids is 2. The van der Waals surface area contributed by atoms with Crippen LogP contribution in [0.15, 0.2) is 59.3 Å². The first-order chi connectivity index (χ1) is 15.5. The van der Waals surface area contributed by atoms with Crippen molar-refractivity contribution in [2.45, 2.75) is 33.2 Å². The van der Waals surface area contributed by atoms with E-state index in [0.29, 0.717) is 28.2 Å². The summed E-state index contributed by atoms with van der Waals surface area (Å²) in [5.41, 5.74) is 3.12. The first-order valence-electron chi connectivity index (χ1n) is 10.4. The number of carbonyl (C=O) groups is 2. The predicted molar refractivity (Wildman–Crippen MR) is 120 cm³/mol. The van der Waals surface area contributed by atoms with Gasteiger partial charge in [0.1, 0.15) is 5.69 Å². The zero-order valence-corrected chi connectivity index (χ0v) is 18.2. The molecule has 0 bridgehead atoms. The second-order valence-electron chi connectivity index (χ2n) is 7.63. The molecular formula is C24H24N4O4. The molecule has 0 aliphatic heterocycles. The molecule has 0 aliphatic carbocycles. The van der Waals surface area contributed by atoms with Gasteiger partial charge < -0.3 is 14.5 Å². The number of hydrogen-bond acceptors (Lipinski definition) is 6. The Balaban J connectivity index is 1.55. The average Bonchev–Trinajstić information content (AvgIpc) is 3.47. The molecule has 0 saturated carbocycles. The van der Waals surface area contributed by atoms with Gasteiger partial charge in [-0.05, 0) is 56.2 Å². The fraction of sp³-hybridized carbons (Fsp3) is 0.250. The number of aromatic nitrogens is 3. The molecule has 4 rings (SSSR count). The molecule has 0 spiro atoms. The first-order valence-corrected chi connectivity index (χ1v) is 10.4. The van der Waals surface area contributed by atoms with Crippen LogP contribution in [0.1, 0.15) is 42.7 Å². The third-order valence-electron chi connectivity index (χ3n) is 5.03. The summed E-state index contributed by atoms with van der Waals surface area (Å²) in [5, 5.41) is 7.64. The number of fused-ring (bicyclic) bond motifs is 1. The second-order valence-corrected chi connectivity index (χ2v) is 7.63. The van der Waals surface area contributed by atoms with Crippen molar-refractivity contribution in [3.05, 3.63) is 66.1 Å². The fourth-order valence-electron chi connectivity index (χ4n) is 3.35. The first kappa shape index (κ1) is 21.3. The highest BCUT2D eigenvalue weighted by Crippen LogP contribution is 2.27. The summed E-state index contributed by atoms with van der Waals surface area (Å²) < 4.78 is 12.5. The van der Waals surface area contributed by atoms with Gasteiger partial charge in [-0.3, -0.25) is 4.79 Å². The van der Waals surface area contributed by atoms with Crippen molar-refractivity contribution in [3.8, 4) is 11.5 Å². The average molecular weight is 432 g/mol. The highest BCUT2D eigenvalue weighted by Gasteiger charge is 2.21. The number of hydrogen-bond donors (Lipinski definition) is 1. The normalized spacial score (nSPS) is 11.1. The summed E-state index contributed by atoms with van der Waals surface area (Å²) >= 11 is 0. The zero-order chi connectivity index (χ0) is 22.7. The lowest BCUT2D eigenvalue weighted by atomic mass is 10.1. The van der Waals surface area contributed by atoms with Gasteiger partial charge in [-0.15, -0.1) is 0 Å². The van der Waals surface area contributed by atoms with Gasteiger partial charge in [0, 0.05) is 11.7 Å². The molecule has 1 amide bonds. The summed E-state index contributed by atoms with van der Waals surface area (Å²) in [6.45, 7) is 5.60. The van der Waals surface area contributed by atoms with Gasteiger partial charge in [-0.2, -0.15) is 5.10 Å². The predicted octanol–water partition coefficient (Wildman–Crippen LogP) is 4.63. The zero-order valence-electron chi connectivity index (χ0n) is 18.2. The van der Waals surface area contributed by atoms with Gasteiger partial charge in [0.2, 0.25) is 0 Å². The smallest absolute Gasteiger partial charge is 0.339 e. The molecule has 0 atom stereocenters. The molecule has 0 unspecified atom stereocenters. The number of amides is 1. The van der Waals surface area contributed by atoms with Gasteiger partial charge in [-0.25, -0.2) is 14.5 Å². The highest BCUT2D eigenvalue weighted by molar-refractivity contribution is 6.04. The number of pyridine rings is 1. The van der Waals surface area contributed by atoms with Crippen molar-refractivity contribution in [2.24, 2.45) is 0 Å². The lowest BCUT2D eigenvalue weighted by Gasteiger charge is -2.10. The topological polar surface area (TPSA) is 99.2 Å². The van der Waals surface area contributed by atoms with Crippen LogP contribution in [0.5, 0.6) is 0 Å². The van der Waals surface area contributed by atoms with E-state index >= 15 is 0 Å². The number of ether oxygens (including phenoxy) is 1. The SMILES string of the molecule is CCc1ccc(NC(=O)COC(=O)c2cc(-c3ccco3)nc3c2cnn3C(C)C)cc1. The van der Waals surface area contributed by atoms with E-state index in [4.69, 9.17) is 9.15 Å². The molecular weight excluding hydrogens is 408 g/mol. The van der Waals surface area contributed by atoms with E-state index in [1.165, 1.54) is 11.8 Å². The number of benzene rings is 1. The molecule has 4 aromatic rings. The van der Waals surface area contributed by atoms with Crippen LogP contribution < -0.4 is 5.32 Å². The molecule has 8 nitrogen and oxygen atoms in total. The number of esters is 1. The van der Waals surface area contributed by atoms with Gasteiger partial charge >= 0.3 is 5.97 Å². The summed E-state index contributed by atoms with van der Waals surface area (Å²) in [6.07, 6.45) is 4.04. The molecule has 0 aliphatic rings. The maximum Gasteiger partial charge on any atom is 0.339 e. The van der Waals surface area contributed by atoms with Gasteiger partial charge in [0.05, 0.1) is 23.4 Å². The molecule has 1 N–H and O–H groups in total. The van der Waals surface area contributed by atoms with E-state index < -0.39 is 18.5 Å². The Labute approximate surface area is 185 Å². The van der Waals surface area contributed by atoms with Crippen molar-refractivity contribution in [3.63, 3.8) is 0 Å². The molecule has 0 radical (unpaired) electrons. The minimum absolute atomic E-state index is 0.0422. The van der Waals surface area contributed by atoms with E-state index in [2.05, 4.69) is 22.3 Å². The second kappa shape index (κ2) is 9.05. The molecule has 8 heteroatoms. The Bertz CT molecular complexity index is 1240. The molecule has 0 saturated heterocycles. The van der Waals surface area contributed by atoms with E-state index in [1.54, 1.807) is 29.1 Å². The quantitative estimate of drug-likeness (QED) is 0.428. The van der Waals surface area contributed by atoms with Gasteiger partial charge in [0.15, 0.2) is 18.0 Å². The fourth-order valence-corrected chi connectivity index (χ4v) is 3.35. The van der Waals surface area contributed by atoms with Crippen LogP contribution in [0.4, 0.5) is 5.69 Å². The van der Waals surface area contributed by atoms with E-state index in [1.807, 2.05) is 38.1 Å². The molecule has 0 fully saturated rings. The van der Waals surface area contributed by atoms with Crippen LogP contribution in [0.3, 0.4) is 0 Å². The van der Waals surface area contributed by atoms with E-state index in [9.17, 15) is 9.59 Å². The number of anilines is 1. The number of rotatable bonds is 7. The van der Waals surface area contributed by atoms with Crippen LogP contribution in [0.25, 0.3) is 22.5 Å². The maximum atomic E-state index is 12.9. The van der Waals surface area contributed by atoms with Crippen LogP contribution >= 0.6 is 0 Å². The van der Waals surface area contributed by atoms with Gasteiger partial charge in [0.25, 0.3) is 5.91 Å². The Morgan fingerprint density at radius 2 is 1.97 bits per heavy atom. The Morgan fingerprint density at radius 1 is 1.19 bits per heavy atom. The monoisotopic (exact) mass is 432 g/mol. The van der Waals surface area contributed by atoms with E-state index in [0.717, 1.165) is 6.42 Å². The number of furan rings is 1. The number of nitrogens with one attached hydrogen (secondary N) is 1. The molecule has 1 aromatic carbocycles. The van der Waals surface area contributed by atoms with Crippen LogP contribution in [0, 0.1) is 0 Å². The standard InChI is InChI=1S/C24H24N4O4/c1-4-16-7-9-17(10-8-16)26-22(29)14-32-24(30)18-12-20(21-6-5-11-31-21)27-23-19(18)13-25-28(23)15(2)3/h5-13,15H,4,14H2,1-3H3,(H,26,29). The Morgan fingerprint density at radius 3 is 2.62 bits per heavy atom. The molecule has 3 heterocycles.